The van der Waals surface area contributed by atoms with Crippen molar-refractivity contribution in [3.05, 3.63) is 63.9 Å². The van der Waals surface area contributed by atoms with E-state index in [0.717, 1.165) is 14.2 Å². The zero-order valence-corrected chi connectivity index (χ0v) is 15.5. The maximum Gasteiger partial charge on any atom is 0.277 e. The fraction of sp³-hybridized carbons (Fsp3) is 0.0556. The Balaban J connectivity index is 2.27. The molecule has 0 aliphatic rings. The average molecular weight is 446 g/mol. The van der Waals surface area contributed by atoms with Crippen LogP contribution >= 0.6 is 22.6 Å². The van der Waals surface area contributed by atoms with E-state index in [1.807, 2.05) is 30.3 Å². The van der Waals surface area contributed by atoms with Crippen molar-refractivity contribution in [1.82, 2.24) is 0 Å². The number of hydrogen-bond donors (Lipinski definition) is 2. The number of hydrogen-bond acceptors (Lipinski definition) is 5. The van der Waals surface area contributed by atoms with Gasteiger partial charge in [0.25, 0.3) is 5.91 Å². The Bertz CT molecular complexity index is 852. The maximum absolute atomic E-state index is 12.6. The van der Waals surface area contributed by atoms with E-state index in [4.69, 9.17) is 5.73 Å². The smallest absolute Gasteiger partial charge is 0.277 e. The van der Waals surface area contributed by atoms with E-state index in [1.54, 1.807) is 24.3 Å². The Hall–Kier alpha value is -2.86. The number of nitriles is 1. The summed E-state index contributed by atoms with van der Waals surface area (Å²) in [5, 5.41) is 12.2. The SMILES string of the molecule is CC(=O)N(C(=O)/C(C#N)=C\Nc1ccc(I)cc1)c1ccc(N)cc1. The highest BCUT2D eigenvalue weighted by atomic mass is 127. The van der Waals surface area contributed by atoms with Crippen LogP contribution in [0.2, 0.25) is 0 Å². The lowest BCUT2D eigenvalue weighted by molar-refractivity contribution is -0.123. The molecule has 0 aromatic heterocycles. The molecule has 0 aliphatic carbocycles. The molecule has 2 aromatic carbocycles. The molecule has 0 bridgehead atoms. The summed E-state index contributed by atoms with van der Waals surface area (Å²) < 4.78 is 1.06. The first kappa shape index (κ1) is 18.5. The zero-order valence-electron chi connectivity index (χ0n) is 13.4. The molecule has 2 aromatic rings. The van der Waals surface area contributed by atoms with Crippen LogP contribution in [0.4, 0.5) is 17.1 Å². The molecule has 0 fully saturated rings. The molecule has 0 atom stereocenters. The minimum absolute atomic E-state index is 0.189. The molecule has 2 amide bonds. The zero-order chi connectivity index (χ0) is 18.4. The van der Waals surface area contributed by atoms with Crippen LogP contribution in [0.3, 0.4) is 0 Å². The summed E-state index contributed by atoms with van der Waals surface area (Å²) in [4.78, 5) is 25.5. The highest BCUT2D eigenvalue weighted by molar-refractivity contribution is 14.1. The minimum atomic E-state index is -0.710. The fourth-order valence-corrected chi connectivity index (χ4v) is 2.39. The average Bonchev–Trinajstić information content (AvgIpc) is 2.58. The van der Waals surface area contributed by atoms with E-state index in [-0.39, 0.29) is 5.57 Å². The second-order valence-corrected chi connectivity index (χ2v) is 6.32. The molecule has 0 unspecified atom stereocenters. The van der Waals surface area contributed by atoms with Crippen LogP contribution in [0, 0.1) is 14.9 Å². The number of nitrogens with two attached hydrogens (primary N) is 1. The Labute approximate surface area is 159 Å². The van der Waals surface area contributed by atoms with E-state index in [2.05, 4.69) is 27.9 Å². The molecular weight excluding hydrogens is 431 g/mol. The van der Waals surface area contributed by atoms with Crippen LogP contribution in [-0.2, 0) is 9.59 Å². The number of amides is 2. The lowest BCUT2D eigenvalue weighted by atomic mass is 10.2. The summed E-state index contributed by atoms with van der Waals surface area (Å²) in [5.41, 5.74) is 7.02. The molecule has 0 radical (unpaired) electrons. The van der Waals surface area contributed by atoms with Crippen LogP contribution in [-0.4, -0.2) is 11.8 Å². The maximum atomic E-state index is 12.6. The molecule has 0 saturated heterocycles. The van der Waals surface area contributed by atoms with E-state index in [0.29, 0.717) is 11.4 Å². The van der Waals surface area contributed by atoms with Gasteiger partial charge in [-0.2, -0.15) is 5.26 Å². The second kappa shape index (κ2) is 8.30. The number of carbonyl (C=O) groups is 2. The van der Waals surface area contributed by atoms with Gasteiger partial charge < -0.3 is 11.1 Å². The number of nitrogen functional groups attached to an aromatic ring is 1. The van der Waals surface area contributed by atoms with Gasteiger partial charge in [0.1, 0.15) is 11.6 Å². The predicted octanol–water partition coefficient (Wildman–Crippen LogP) is 3.27. The minimum Gasteiger partial charge on any atom is -0.399 e. The van der Waals surface area contributed by atoms with Crippen LogP contribution in [0.25, 0.3) is 0 Å². The van der Waals surface area contributed by atoms with Gasteiger partial charge >= 0.3 is 0 Å². The Morgan fingerprint density at radius 3 is 2.28 bits per heavy atom. The molecule has 0 spiro atoms. The summed E-state index contributed by atoms with van der Waals surface area (Å²) in [6.07, 6.45) is 1.29. The highest BCUT2D eigenvalue weighted by Gasteiger charge is 2.23. The molecule has 7 heteroatoms. The topological polar surface area (TPSA) is 99.2 Å². The van der Waals surface area contributed by atoms with Gasteiger partial charge in [-0.15, -0.1) is 0 Å². The van der Waals surface area contributed by atoms with Gasteiger partial charge in [0.2, 0.25) is 5.91 Å². The van der Waals surface area contributed by atoms with Crippen LogP contribution in [0.5, 0.6) is 0 Å². The van der Waals surface area contributed by atoms with Gasteiger partial charge in [-0.05, 0) is 71.1 Å². The Morgan fingerprint density at radius 2 is 1.76 bits per heavy atom. The van der Waals surface area contributed by atoms with E-state index in [9.17, 15) is 14.9 Å². The van der Waals surface area contributed by atoms with Crippen molar-refractivity contribution in [1.29, 1.82) is 5.26 Å². The number of nitrogens with one attached hydrogen (secondary N) is 1. The van der Waals surface area contributed by atoms with E-state index < -0.39 is 11.8 Å². The summed E-state index contributed by atoms with van der Waals surface area (Å²) >= 11 is 2.18. The Morgan fingerprint density at radius 1 is 1.16 bits per heavy atom. The number of halogens is 1. The third-order valence-electron chi connectivity index (χ3n) is 3.25. The summed E-state index contributed by atoms with van der Waals surface area (Å²) in [5.74, 6) is -1.21. The number of carbonyl (C=O) groups excluding carboxylic acids is 2. The van der Waals surface area contributed by atoms with Gasteiger partial charge in [-0.3, -0.25) is 9.59 Å². The standard InChI is InChI=1S/C18H15IN4O2/c1-12(24)23(17-8-4-15(21)5-9-17)18(25)13(10-20)11-22-16-6-2-14(19)3-7-16/h2-9,11,22H,21H2,1H3/b13-11-. The molecule has 0 aliphatic heterocycles. The van der Waals surface area contributed by atoms with Crippen molar-refractivity contribution in [2.24, 2.45) is 0 Å². The van der Waals surface area contributed by atoms with Crippen molar-refractivity contribution in [3.63, 3.8) is 0 Å². The summed E-state index contributed by atoms with van der Waals surface area (Å²) in [6.45, 7) is 1.26. The first-order valence-corrected chi connectivity index (χ1v) is 8.33. The summed E-state index contributed by atoms with van der Waals surface area (Å²) in [6, 6.07) is 15.5. The monoisotopic (exact) mass is 446 g/mol. The third kappa shape index (κ3) is 4.81. The molecule has 6 nitrogen and oxygen atoms in total. The molecule has 2 rings (SSSR count). The van der Waals surface area contributed by atoms with Crippen molar-refractivity contribution >= 4 is 51.5 Å². The van der Waals surface area contributed by atoms with Crippen molar-refractivity contribution in [3.8, 4) is 6.07 Å². The van der Waals surface area contributed by atoms with Gasteiger partial charge in [-0.25, -0.2) is 4.90 Å². The van der Waals surface area contributed by atoms with E-state index in [1.165, 1.54) is 13.1 Å². The van der Waals surface area contributed by atoms with Crippen molar-refractivity contribution in [2.75, 3.05) is 16.0 Å². The number of imide groups is 1. The lowest BCUT2D eigenvalue weighted by Gasteiger charge is -2.19. The van der Waals surface area contributed by atoms with Gasteiger partial charge in [0.05, 0.1) is 5.69 Å². The predicted molar refractivity (Wildman–Crippen MR) is 105 cm³/mol. The van der Waals surface area contributed by atoms with E-state index >= 15 is 0 Å². The number of rotatable bonds is 4. The fourth-order valence-electron chi connectivity index (χ4n) is 2.03. The van der Waals surface area contributed by atoms with Crippen molar-refractivity contribution < 1.29 is 9.59 Å². The number of anilines is 3. The largest absolute Gasteiger partial charge is 0.399 e. The van der Waals surface area contributed by atoms with Crippen molar-refractivity contribution in [2.45, 2.75) is 6.92 Å². The molecule has 0 heterocycles. The quantitative estimate of drug-likeness (QED) is 0.325. The summed E-state index contributed by atoms with van der Waals surface area (Å²) in [7, 11) is 0. The molecular formula is C18H15IN4O2. The molecule has 126 valence electrons. The molecule has 0 saturated carbocycles. The Kier molecular flexibility index (Phi) is 6.14. The second-order valence-electron chi connectivity index (χ2n) is 5.07. The number of benzene rings is 2. The van der Waals surface area contributed by atoms with Gasteiger partial charge in [0, 0.05) is 28.1 Å². The van der Waals surface area contributed by atoms with Gasteiger partial charge in [-0.1, -0.05) is 0 Å². The molecule has 3 N–H and O–H groups in total. The molecule has 25 heavy (non-hydrogen) atoms. The van der Waals surface area contributed by atoms with Crippen LogP contribution in [0.1, 0.15) is 6.92 Å². The first-order valence-electron chi connectivity index (χ1n) is 7.25. The lowest BCUT2D eigenvalue weighted by Crippen LogP contribution is -2.36. The third-order valence-corrected chi connectivity index (χ3v) is 3.97. The van der Waals surface area contributed by atoms with Crippen LogP contribution < -0.4 is 16.0 Å². The van der Waals surface area contributed by atoms with Gasteiger partial charge in [0.15, 0.2) is 0 Å². The number of nitrogens with zero attached hydrogens (tertiary/aromatic N) is 2. The first-order chi connectivity index (χ1) is 11.9. The normalized spacial score (nSPS) is 10.7. The van der Waals surface area contributed by atoms with Crippen LogP contribution in [0.15, 0.2) is 60.3 Å². The highest BCUT2D eigenvalue weighted by Crippen LogP contribution is 2.19.